The summed E-state index contributed by atoms with van der Waals surface area (Å²) < 4.78 is 32.5. The number of nitro benzene ring substituents is 1. The van der Waals surface area contributed by atoms with Gasteiger partial charge in [-0.3, -0.25) is 10.1 Å². The average molecular weight is 407 g/mol. The van der Waals surface area contributed by atoms with Crippen molar-refractivity contribution in [3.8, 4) is 0 Å². The Morgan fingerprint density at radius 3 is 2.64 bits per heavy atom. The van der Waals surface area contributed by atoms with Crippen LogP contribution in [0.15, 0.2) is 27.5 Å². The van der Waals surface area contributed by atoms with Crippen LogP contribution < -0.4 is 5.32 Å². The van der Waals surface area contributed by atoms with Crippen LogP contribution in [0.25, 0.3) is 0 Å². The van der Waals surface area contributed by atoms with Crippen molar-refractivity contribution in [2.75, 3.05) is 18.4 Å². The third-order valence-corrected chi connectivity index (χ3v) is 6.85. The molecule has 2 aliphatic rings. The van der Waals surface area contributed by atoms with Gasteiger partial charge in [-0.1, -0.05) is 6.42 Å². The molecule has 11 heteroatoms. The first-order chi connectivity index (χ1) is 13.4. The first-order valence-electron chi connectivity index (χ1n) is 9.30. The molecule has 28 heavy (non-hydrogen) atoms. The molecule has 1 saturated heterocycles. The Balaban J connectivity index is 1.53. The van der Waals surface area contributed by atoms with Gasteiger partial charge in [0.25, 0.3) is 5.69 Å². The Kier molecular flexibility index (Phi) is 5.02. The summed E-state index contributed by atoms with van der Waals surface area (Å²) in [6, 6.07) is 3.91. The average Bonchev–Trinajstić information content (AvgIpc) is 3.45. The minimum Gasteiger partial charge on any atom is -0.423 e. The molecule has 2 aromatic rings. The van der Waals surface area contributed by atoms with E-state index in [-0.39, 0.29) is 22.8 Å². The monoisotopic (exact) mass is 407 g/mol. The lowest BCUT2D eigenvalue weighted by Crippen LogP contribution is -2.35. The van der Waals surface area contributed by atoms with E-state index in [9.17, 15) is 18.5 Å². The molecule has 0 spiro atoms. The smallest absolute Gasteiger partial charge is 0.293 e. The first kappa shape index (κ1) is 18.8. The summed E-state index contributed by atoms with van der Waals surface area (Å²) in [6.07, 6.45) is 4.66. The Hall–Kier alpha value is -2.53. The zero-order chi connectivity index (χ0) is 19.7. The molecule has 1 N–H and O–H groups in total. The normalized spacial score (nSPS) is 18.1. The van der Waals surface area contributed by atoms with Crippen molar-refractivity contribution in [1.82, 2.24) is 14.5 Å². The topological polar surface area (TPSA) is 131 Å². The maximum Gasteiger partial charge on any atom is 0.293 e. The molecule has 1 aliphatic heterocycles. The number of nitrogens with one attached hydrogen (secondary N) is 1. The zero-order valence-corrected chi connectivity index (χ0v) is 16.0. The maximum absolute atomic E-state index is 12.8. The molecule has 0 bridgehead atoms. The third kappa shape index (κ3) is 3.85. The van der Waals surface area contributed by atoms with E-state index >= 15 is 0 Å². The van der Waals surface area contributed by atoms with Crippen molar-refractivity contribution in [2.45, 2.75) is 49.5 Å². The SMILES string of the molecule is O=[N+]([O-])c1cc(S(=O)(=O)N2CCCCC2)ccc1NCc1nnc(C2CC2)o1. The van der Waals surface area contributed by atoms with Gasteiger partial charge in [-0.25, -0.2) is 8.42 Å². The third-order valence-electron chi connectivity index (χ3n) is 4.96. The molecule has 150 valence electrons. The van der Waals surface area contributed by atoms with Crippen LogP contribution in [0.5, 0.6) is 0 Å². The predicted molar refractivity (Wildman–Crippen MR) is 99.3 cm³/mol. The molecule has 2 heterocycles. The number of nitrogens with zero attached hydrogens (tertiary/aromatic N) is 4. The van der Waals surface area contributed by atoms with Crippen molar-refractivity contribution >= 4 is 21.4 Å². The number of hydrogen-bond donors (Lipinski definition) is 1. The van der Waals surface area contributed by atoms with Gasteiger partial charge < -0.3 is 9.73 Å². The summed E-state index contributed by atoms with van der Waals surface area (Å²) in [4.78, 5) is 10.8. The van der Waals surface area contributed by atoms with Crippen LogP contribution in [0, 0.1) is 10.1 Å². The number of sulfonamides is 1. The van der Waals surface area contributed by atoms with Gasteiger partial charge in [-0.15, -0.1) is 10.2 Å². The van der Waals surface area contributed by atoms with Gasteiger partial charge in [-0.2, -0.15) is 4.31 Å². The van der Waals surface area contributed by atoms with Gasteiger partial charge in [0.1, 0.15) is 5.69 Å². The number of anilines is 1. The second-order valence-corrected chi connectivity index (χ2v) is 9.00. The Labute approximate surface area is 162 Å². The van der Waals surface area contributed by atoms with Crippen LogP contribution >= 0.6 is 0 Å². The Bertz CT molecular complexity index is 980. The summed E-state index contributed by atoms with van der Waals surface area (Å²) in [7, 11) is -3.74. The van der Waals surface area contributed by atoms with Gasteiger partial charge in [0.2, 0.25) is 21.8 Å². The summed E-state index contributed by atoms with van der Waals surface area (Å²) in [5, 5.41) is 22.3. The number of piperidine rings is 1. The van der Waals surface area contributed by atoms with E-state index in [0.29, 0.717) is 30.8 Å². The number of rotatable bonds is 7. The highest BCUT2D eigenvalue weighted by molar-refractivity contribution is 7.89. The number of aromatic nitrogens is 2. The Morgan fingerprint density at radius 2 is 1.96 bits per heavy atom. The van der Waals surface area contributed by atoms with E-state index in [2.05, 4.69) is 15.5 Å². The fraction of sp³-hybridized carbons (Fsp3) is 0.529. The van der Waals surface area contributed by atoms with E-state index in [1.807, 2.05) is 0 Å². The zero-order valence-electron chi connectivity index (χ0n) is 15.2. The standard InChI is InChI=1S/C17H21N5O5S/c23-22(24)15-10-13(28(25,26)21-8-2-1-3-9-21)6-7-14(15)18-11-16-19-20-17(27-16)12-4-5-12/h6-7,10,12,18H,1-5,8-9,11H2. The minimum atomic E-state index is -3.74. The summed E-state index contributed by atoms with van der Waals surface area (Å²) in [5.74, 6) is 1.25. The highest BCUT2D eigenvalue weighted by Crippen LogP contribution is 2.39. The number of hydrogen-bond acceptors (Lipinski definition) is 8. The fourth-order valence-corrected chi connectivity index (χ4v) is 4.77. The summed E-state index contributed by atoms with van der Waals surface area (Å²) in [5.41, 5.74) is -0.103. The van der Waals surface area contributed by atoms with Crippen molar-refractivity contribution in [3.63, 3.8) is 0 Å². The molecule has 1 aliphatic carbocycles. The Morgan fingerprint density at radius 1 is 1.21 bits per heavy atom. The van der Waals surface area contributed by atoms with Crippen molar-refractivity contribution in [3.05, 3.63) is 40.1 Å². The lowest BCUT2D eigenvalue weighted by atomic mass is 10.2. The second-order valence-electron chi connectivity index (χ2n) is 7.06. The van der Waals surface area contributed by atoms with Gasteiger partial charge in [0, 0.05) is 25.1 Å². The van der Waals surface area contributed by atoms with Crippen LogP contribution in [-0.2, 0) is 16.6 Å². The van der Waals surface area contributed by atoms with Crippen molar-refractivity contribution in [1.29, 1.82) is 0 Å². The second kappa shape index (κ2) is 7.47. The van der Waals surface area contributed by atoms with E-state index < -0.39 is 14.9 Å². The molecule has 0 atom stereocenters. The summed E-state index contributed by atoms with van der Waals surface area (Å²) in [6.45, 7) is 1.01. The first-order valence-corrected chi connectivity index (χ1v) is 10.7. The molecule has 0 radical (unpaired) electrons. The van der Waals surface area contributed by atoms with Gasteiger partial charge in [0.05, 0.1) is 16.4 Å². The van der Waals surface area contributed by atoms with E-state index in [4.69, 9.17) is 4.42 Å². The highest BCUT2D eigenvalue weighted by atomic mass is 32.2. The molecule has 1 aromatic carbocycles. The van der Waals surface area contributed by atoms with Crippen LogP contribution in [0.1, 0.15) is 49.8 Å². The minimum absolute atomic E-state index is 0.0690. The van der Waals surface area contributed by atoms with E-state index in [1.165, 1.54) is 16.4 Å². The highest BCUT2D eigenvalue weighted by Gasteiger charge is 2.30. The lowest BCUT2D eigenvalue weighted by molar-refractivity contribution is -0.384. The quantitative estimate of drug-likeness (QED) is 0.547. The fourth-order valence-electron chi connectivity index (χ4n) is 3.23. The summed E-state index contributed by atoms with van der Waals surface area (Å²) >= 11 is 0. The molecule has 0 amide bonds. The van der Waals surface area contributed by atoms with E-state index in [1.54, 1.807) is 0 Å². The molecule has 2 fully saturated rings. The number of nitro groups is 1. The van der Waals surface area contributed by atoms with E-state index in [0.717, 1.165) is 38.2 Å². The van der Waals surface area contributed by atoms with Crippen LogP contribution in [-0.4, -0.2) is 40.9 Å². The molecule has 10 nitrogen and oxygen atoms in total. The largest absolute Gasteiger partial charge is 0.423 e. The molecular weight excluding hydrogens is 386 g/mol. The van der Waals surface area contributed by atoms with Gasteiger partial charge in [0.15, 0.2) is 0 Å². The maximum atomic E-state index is 12.8. The lowest BCUT2D eigenvalue weighted by Gasteiger charge is -2.25. The van der Waals surface area contributed by atoms with Gasteiger partial charge in [-0.05, 0) is 37.8 Å². The molecule has 1 saturated carbocycles. The van der Waals surface area contributed by atoms with Crippen molar-refractivity contribution < 1.29 is 17.8 Å². The van der Waals surface area contributed by atoms with Gasteiger partial charge >= 0.3 is 0 Å². The van der Waals surface area contributed by atoms with Crippen LogP contribution in [0.4, 0.5) is 11.4 Å². The van der Waals surface area contributed by atoms with Crippen LogP contribution in [0.3, 0.4) is 0 Å². The predicted octanol–water partition coefficient (Wildman–Crippen LogP) is 2.64. The van der Waals surface area contributed by atoms with Crippen molar-refractivity contribution in [2.24, 2.45) is 0 Å². The molecule has 4 rings (SSSR count). The van der Waals surface area contributed by atoms with Crippen LogP contribution in [0.2, 0.25) is 0 Å². The molecule has 1 aromatic heterocycles. The number of benzene rings is 1. The molecular formula is C17H21N5O5S. The molecule has 0 unspecified atom stereocenters.